The van der Waals surface area contributed by atoms with Crippen molar-refractivity contribution in [1.82, 2.24) is 9.88 Å². The highest BCUT2D eigenvalue weighted by Crippen LogP contribution is 2.40. The fourth-order valence-electron chi connectivity index (χ4n) is 4.32. The summed E-state index contributed by atoms with van der Waals surface area (Å²) in [5, 5.41) is 0.948. The molecule has 0 bridgehead atoms. The van der Waals surface area contributed by atoms with E-state index in [1.165, 1.54) is 0 Å². The zero-order chi connectivity index (χ0) is 21.6. The highest BCUT2D eigenvalue weighted by Gasteiger charge is 2.33. The minimum absolute atomic E-state index is 0.0694. The molecule has 1 aliphatic heterocycles. The van der Waals surface area contributed by atoms with Crippen molar-refractivity contribution in [2.45, 2.75) is 33.2 Å². The standard InChI is InChI=1S/C24H26N2O4/c1-13-8-17-10-19(24(28)25-20(17)9-14(13)2)23-18-12-22(30-5)21(29-4)11-16(18)6-7-26(23)15(3)27/h8-12,23H,6-7H2,1-5H3,(H,25,28). The van der Waals surface area contributed by atoms with Crippen LogP contribution in [0, 0.1) is 13.8 Å². The summed E-state index contributed by atoms with van der Waals surface area (Å²) in [5.41, 5.74) is 5.37. The van der Waals surface area contributed by atoms with E-state index in [4.69, 9.17) is 9.47 Å². The maximum atomic E-state index is 13.1. The van der Waals surface area contributed by atoms with E-state index in [-0.39, 0.29) is 11.5 Å². The number of amides is 1. The Kier molecular flexibility index (Phi) is 5.02. The number of benzene rings is 2. The van der Waals surface area contributed by atoms with E-state index >= 15 is 0 Å². The number of carbonyl (C=O) groups excluding carboxylic acids is 1. The second-order valence-corrected chi connectivity index (χ2v) is 7.85. The van der Waals surface area contributed by atoms with Gasteiger partial charge in [-0.15, -0.1) is 0 Å². The molecule has 2 heterocycles. The van der Waals surface area contributed by atoms with Crippen LogP contribution < -0.4 is 15.0 Å². The number of ether oxygens (including phenoxy) is 2. The third-order valence-corrected chi connectivity index (χ3v) is 6.06. The number of nitrogens with zero attached hydrogens (tertiary/aromatic N) is 1. The Morgan fingerprint density at radius 1 is 1.00 bits per heavy atom. The Morgan fingerprint density at radius 2 is 1.67 bits per heavy atom. The summed E-state index contributed by atoms with van der Waals surface area (Å²) in [6, 6.07) is 9.31. The van der Waals surface area contributed by atoms with E-state index in [1.807, 2.05) is 31.2 Å². The zero-order valence-electron chi connectivity index (χ0n) is 18.0. The van der Waals surface area contributed by atoms with Crippen LogP contribution in [0.2, 0.25) is 0 Å². The molecule has 6 nitrogen and oxygen atoms in total. The fourth-order valence-corrected chi connectivity index (χ4v) is 4.32. The molecular weight excluding hydrogens is 380 g/mol. The Hall–Kier alpha value is -3.28. The van der Waals surface area contributed by atoms with Gasteiger partial charge in [-0.3, -0.25) is 9.59 Å². The zero-order valence-corrected chi connectivity index (χ0v) is 18.0. The van der Waals surface area contributed by atoms with Crippen molar-refractivity contribution in [2.24, 2.45) is 0 Å². The topological polar surface area (TPSA) is 71.6 Å². The number of hydrogen-bond acceptors (Lipinski definition) is 4. The number of hydrogen-bond donors (Lipinski definition) is 1. The van der Waals surface area contributed by atoms with Gasteiger partial charge in [-0.1, -0.05) is 0 Å². The first-order valence-electron chi connectivity index (χ1n) is 10.00. The van der Waals surface area contributed by atoms with E-state index in [9.17, 15) is 9.59 Å². The second kappa shape index (κ2) is 7.52. The average Bonchev–Trinajstić information content (AvgIpc) is 2.72. The Balaban J connectivity index is 1.98. The summed E-state index contributed by atoms with van der Waals surface area (Å²) in [4.78, 5) is 30.4. The summed E-state index contributed by atoms with van der Waals surface area (Å²) >= 11 is 0. The van der Waals surface area contributed by atoms with Crippen molar-refractivity contribution < 1.29 is 14.3 Å². The normalized spacial score (nSPS) is 15.8. The third kappa shape index (κ3) is 3.22. The van der Waals surface area contributed by atoms with Gasteiger partial charge in [-0.05, 0) is 78.2 Å². The minimum Gasteiger partial charge on any atom is -0.493 e. The fraction of sp³-hybridized carbons (Fsp3) is 0.333. The lowest BCUT2D eigenvalue weighted by Gasteiger charge is -2.37. The summed E-state index contributed by atoms with van der Waals surface area (Å²) < 4.78 is 10.9. The van der Waals surface area contributed by atoms with Gasteiger partial charge in [-0.25, -0.2) is 0 Å². The molecule has 1 unspecified atom stereocenters. The van der Waals surface area contributed by atoms with Crippen molar-refractivity contribution in [3.8, 4) is 11.5 Å². The first-order valence-corrected chi connectivity index (χ1v) is 10.00. The van der Waals surface area contributed by atoms with Crippen molar-refractivity contribution in [1.29, 1.82) is 0 Å². The van der Waals surface area contributed by atoms with Gasteiger partial charge in [0.15, 0.2) is 11.5 Å². The van der Waals surface area contributed by atoms with Crippen LogP contribution in [0.1, 0.15) is 40.8 Å². The Morgan fingerprint density at radius 3 is 2.33 bits per heavy atom. The molecule has 0 radical (unpaired) electrons. The number of methoxy groups -OCH3 is 2. The number of rotatable bonds is 3. The van der Waals surface area contributed by atoms with Gasteiger partial charge in [0.1, 0.15) is 0 Å². The molecule has 1 amide bonds. The Bertz CT molecular complexity index is 1210. The molecule has 0 aliphatic carbocycles. The van der Waals surface area contributed by atoms with Crippen molar-refractivity contribution in [3.63, 3.8) is 0 Å². The quantitative estimate of drug-likeness (QED) is 0.721. The first kappa shape index (κ1) is 20.0. The van der Waals surface area contributed by atoms with Crippen LogP contribution in [0.3, 0.4) is 0 Å². The van der Waals surface area contributed by atoms with E-state index in [2.05, 4.69) is 18.0 Å². The van der Waals surface area contributed by atoms with E-state index < -0.39 is 6.04 Å². The number of pyridine rings is 1. The van der Waals surface area contributed by atoms with Crippen molar-refractivity contribution in [3.05, 3.63) is 68.5 Å². The van der Waals surface area contributed by atoms with Crippen LogP contribution >= 0.6 is 0 Å². The van der Waals surface area contributed by atoms with Crippen LogP contribution in [0.5, 0.6) is 11.5 Å². The van der Waals surface area contributed by atoms with Gasteiger partial charge in [0, 0.05) is 24.5 Å². The van der Waals surface area contributed by atoms with Gasteiger partial charge < -0.3 is 19.4 Å². The number of fused-ring (bicyclic) bond motifs is 2. The third-order valence-electron chi connectivity index (χ3n) is 6.06. The first-order chi connectivity index (χ1) is 14.3. The molecule has 4 rings (SSSR count). The number of aromatic nitrogens is 1. The lowest BCUT2D eigenvalue weighted by atomic mass is 9.87. The van der Waals surface area contributed by atoms with Gasteiger partial charge in [0.25, 0.3) is 5.56 Å². The summed E-state index contributed by atoms with van der Waals surface area (Å²) in [6.07, 6.45) is 0.690. The second-order valence-electron chi connectivity index (χ2n) is 7.85. The minimum atomic E-state index is -0.485. The van der Waals surface area contributed by atoms with Crippen LogP contribution in [0.15, 0.2) is 35.1 Å². The molecular formula is C24H26N2O4. The predicted molar refractivity (Wildman–Crippen MR) is 117 cm³/mol. The molecule has 1 N–H and O–H groups in total. The molecule has 156 valence electrons. The molecule has 6 heteroatoms. The number of H-pyrrole nitrogens is 1. The SMILES string of the molecule is COc1cc2c(cc1OC)C(c1cc3cc(C)c(C)cc3[nH]c1=O)N(C(C)=O)CC2. The summed E-state index contributed by atoms with van der Waals surface area (Å²) in [7, 11) is 3.18. The monoisotopic (exact) mass is 406 g/mol. The Labute approximate surface area is 175 Å². The summed E-state index contributed by atoms with van der Waals surface area (Å²) in [6.45, 7) is 6.15. The molecule has 0 fully saturated rings. The van der Waals surface area contributed by atoms with E-state index in [1.54, 1.807) is 26.0 Å². The van der Waals surface area contributed by atoms with Crippen LogP contribution in [0.4, 0.5) is 0 Å². The maximum Gasteiger partial charge on any atom is 0.254 e. The number of aryl methyl sites for hydroxylation is 2. The van der Waals surface area contributed by atoms with E-state index in [0.29, 0.717) is 30.0 Å². The predicted octanol–water partition coefficient (Wildman–Crippen LogP) is 3.66. The van der Waals surface area contributed by atoms with Crippen molar-refractivity contribution in [2.75, 3.05) is 20.8 Å². The van der Waals surface area contributed by atoms with E-state index in [0.717, 1.165) is 33.2 Å². The molecule has 1 aromatic heterocycles. The van der Waals surface area contributed by atoms with Crippen LogP contribution in [-0.2, 0) is 11.2 Å². The molecule has 1 aliphatic rings. The molecule has 1 atom stereocenters. The molecule has 30 heavy (non-hydrogen) atoms. The van der Waals surface area contributed by atoms with Gasteiger partial charge in [0.05, 0.1) is 20.3 Å². The lowest BCUT2D eigenvalue weighted by Crippen LogP contribution is -2.41. The van der Waals surface area contributed by atoms with Gasteiger partial charge in [0.2, 0.25) is 5.91 Å². The van der Waals surface area contributed by atoms with Gasteiger partial charge in [-0.2, -0.15) is 0 Å². The molecule has 0 saturated heterocycles. The molecule has 0 saturated carbocycles. The maximum absolute atomic E-state index is 13.1. The largest absolute Gasteiger partial charge is 0.493 e. The highest BCUT2D eigenvalue weighted by molar-refractivity contribution is 5.81. The average molecular weight is 406 g/mol. The molecule has 0 spiro atoms. The number of carbonyl (C=O) groups is 1. The highest BCUT2D eigenvalue weighted by atomic mass is 16.5. The number of nitrogens with one attached hydrogen (secondary N) is 1. The molecule has 2 aromatic carbocycles. The van der Waals surface area contributed by atoms with Crippen molar-refractivity contribution >= 4 is 16.8 Å². The van der Waals surface area contributed by atoms with Gasteiger partial charge >= 0.3 is 0 Å². The smallest absolute Gasteiger partial charge is 0.254 e. The van der Waals surface area contributed by atoms with Crippen LogP contribution in [-0.4, -0.2) is 36.6 Å². The summed E-state index contributed by atoms with van der Waals surface area (Å²) in [5.74, 6) is 1.15. The number of aromatic amines is 1. The lowest BCUT2D eigenvalue weighted by molar-refractivity contribution is -0.130. The molecule has 3 aromatic rings. The van der Waals surface area contributed by atoms with Crippen LogP contribution in [0.25, 0.3) is 10.9 Å².